The molecule has 0 aliphatic carbocycles. The molecule has 0 aromatic heterocycles. The van der Waals surface area contributed by atoms with E-state index in [1.807, 2.05) is 0 Å². The maximum Gasteiger partial charge on any atom is 0.417 e. The summed E-state index contributed by atoms with van der Waals surface area (Å²) in [5.74, 6) is 0.520. The van der Waals surface area contributed by atoms with Gasteiger partial charge in [-0.05, 0) is 41.5 Å². The molecule has 0 spiro atoms. The third-order valence-corrected chi connectivity index (χ3v) is 3.55. The van der Waals surface area contributed by atoms with Crippen LogP contribution in [0.3, 0.4) is 0 Å². The lowest BCUT2D eigenvalue weighted by molar-refractivity contribution is 0.268. The van der Waals surface area contributed by atoms with Crippen LogP contribution in [0.1, 0.15) is 37.7 Å². The first-order valence-corrected chi connectivity index (χ1v) is 6.79. The van der Waals surface area contributed by atoms with Gasteiger partial charge in [0.2, 0.25) is 0 Å². The van der Waals surface area contributed by atoms with Gasteiger partial charge in [-0.3, -0.25) is 0 Å². The van der Waals surface area contributed by atoms with E-state index in [1.54, 1.807) is 0 Å². The van der Waals surface area contributed by atoms with Gasteiger partial charge in [-0.15, -0.1) is 0 Å². The van der Waals surface area contributed by atoms with Crippen molar-refractivity contribution in [3.63, 3.8) is 0 Å². The third-order valence-electron chi connectivity index (χ3n) is 3.55. The summed E-state index contributed by atoms with van der Waals surface area (Å²) in [5.41, 5.74) is 1.40. The Morgan fingerprint density at radius 3 is 2.74 bits per heavy atom. The van der Waals surface area contributed by atoms with E-state index in [2.05, 4.69) is 54.1 Å². The van der Waals surface area contributed by atoms with E-state index in [1.165, 1.54) is 22.8 Å². The van der Waals surface area contributed by atoms with Crippen LogP contribution in [0.5, 0.6) is 0 Å². The largest absolute Gasteiger partial charge is 0.457 e. The van der Waals surface area contributed by atoms with Crippen LogP contribution in [-0.4, -0.2) is 13.1 Å². The number of benzene rings is 2. The summed E-state index contributed by atoms with van der Waals surface area (Å²) in [6, 6.07) is 15.0. The number of fused-ring (bicyclic) bond motifs is 1. The van der Waals surface area contributed by atoms with Crippen LogP contribution >= 0.6 is 0 Å². The minimum atomic E-state index is 0.478. The summed E-state index contributed by atoms with van der Waals surface area (Å²) in [5, 5.41) is 2.64. The van der Waals surface area contributed by atoms with Crippen LogP contribution in [0.15, 0.2) is 42.5 Å². The van der Waals surface area contributed by atoms with Crippen molar-refractivity contribution in [2.45, 2.75) is 32.1 Å². The topological polar surface area (TPSA) is 26.3 Å². The molecule has 0 saturated carbocycles. The van der Waals surface area contributed by atoms with Crippen LogP contribution in [0.4, 0.5) is 0 Å². The van der Waals surface area contributed by atoms with Gasteiger partial charge in [0.25, 0.3) is 0 Å². The van der Waals surface area contributed by atoms with Gasteiger partial charge in [0.05, 0.1) is 6.61 Å². The highest BCUT2D eigenvalue weighted by Gasteiger charge is 2.08. The van der Waals surface area contributed by atoms with Crippen molar-refractivity contribution in [1.29, 1.82) is 0 Å². The highest BCUT2D eigenvalue weighted by atomic mass is 16.5. The van der Waals surface area contributed by atoms with Gasteiger partial charge in [0.1, 0.15) is 0 Å². The van der Waals surface area contributed by atoms with Crippen LogP contribution in [0, 0.1) is 0 Å². The lowest BCUT2D eigenvalue weighted by atomic mass is 9.91. The predicted molar refractivity (Wildman–Crippen MR) is 77.9 cm³/mol. The monoisotopic (exact) mass is 255 g/mol. The Labute approximate surface area is 114 Å². The number of hydrogen-bond donors (Lipinski definition) is 0. The van der Waals surface area contributed by atoms with E-state index in [-0.39, 0.29) is 0 Å². The Morgan fingerprint density at radius 2 is 1.89 bits per heavy atom. The molecular formula is C17H19O2. The molecular weight excluding hydrogens is 236 g/mol. The Kier molecular flexibility index (Phi) is 4.96. The molecule has 2 rings (SSSR count). The first-order valence-electron chi connectivity index (χ1n) is 6.79. The molecule has 0 aliphatic heterocycles. The van der Waals surface area contributed by atoms with Crippen LogP contribution < -0.4 is 0 Å². The lowest BCUT2D eigenvalue weighted by Crippen LogP contribution is -1.97. The maximum absolute atomic E-state index is 9.92. The average molecular weight is 255 g/mol. The van der Waals surface area contributed by atoms with Gasteiger partial charge < -0.3 is 4.74 Å². The van der Waals surface area contributed by atoms with Crippen molar-refractivity contribution in [2.24, 2.45) is 0 Å². The summed E-state index contributed by atoms with van der Waals surface area (Å²) in [6.45, 7) is 4.20. The highest BCUT2D eigenvalue weighted by molar-refractivity contribution is 5.86. The summed E-state index contributed by atoms with van der Waals surface area (Å²) in [4.78, 5) is 9.92. The Morgan fingerprint density at radius 1 is 1.11 bits per heavy atom. The summed E-state index contributed by atoms with van der Waals surface area (Å²) >= 11 is 0. The van der Waals surface area contributed by atoms with E-state index in [4.69, 9.17) is 0 Å². The van der Waals surface area contributed by atoms with Crippen molar-refractivity contribution >= 4 is 17.2 Å². The minimum absolute atomic E-state index is 0.478. The second-order valence-corrected chi connectivity index (χ2v) is 4.90. The van der Waals surface area contributed by atoms with Gasteiger partial charge in [-0.25, -0.2) is 4.79 Å². The third kappa shape index (κ3) is 3.57. The number of rotatable bonds is 7. The van der Waals surface area contributed by atoms with Crippen molar-refractivity contribution in [1.82, 2.24) is 0 Å². The Hall–Kier alpha value is -1.83. The Bertz CT molecular complexity index is 528. The molecule has 2 aromatic rings. The average Bonchev–Trinajstić information content (AvgIpc) is 2.46. The number of unbranched alkanes of at least 4 members (excludes halogenated alkanes) is 1. The molecule has 0 saturated heterocycles. The van der Waals surface area contributed by atoms with Crippen LogP contribution in [-0.2, 0) is 9.53 Å². The Balaban J connectivity index is 2.01. The van der Waals surface area contributed by atoms with Crippen molar-refractivity contribution in [2.75, 3.05) is 6.61 Å². The fourth-order valence-corrected chi connectivity index (χ4v) is 2.50. The number of carbonyl (C=O) groups excluding carboxylic acids is 1. The molecule has 0 fully saturated rings. The summed E-state index contributed by atoms with van der Waals surface area (Å²) in [6.07, 6.45) is 3.08. The molecule has 2 heteroatoms. The highest BCUT2D eigenvalue weighted by Crippen LogP contribution is 2.28. The smallest absolute Gasteiger partial charge is 0.417 e. The van der Waals surface area contributed by atoms with Crippen molar-refractivity contribution < 1.29 is 9.53 Å². The molecule has 2 nitrogen and oxygen atoms in total. The molecule has 0 heterocycles. The molecule has 1 unspecified atom stereocenters. The van der Waals surface area contributed by atoms with E-state index < -0.39 is 0 Å². The van der Waals surface area contributed by atoms with E-state index >= 15 is 0 Å². The SMILES string of the molecule is CC(CCCCO[C]=O)c1cccc2ccccc12. The zero-order valence-corrected chi connectivity index (χ0v) is 11.3. The maximum atomic E-state index is 9.92. The molecule has 0 amide bonds. The molecule has 1 atom stereocenters. The molecule has 2 aromatic carbocycles. The van der Waals surface area contributed by atoms with E-state index in [9.17, 15) is 4.79 Å². The summed E-state index contributed by atoms with van der Waals surface area (Å²) < 4.78 is 4.59. The molecule has 0 aliphatic rings. The second kappa shape index (κ2) is 6.93. The van der Waals surface area contributed by atoms with Gasteiger partial charge >= 0.3 is 6.47 Å². The van der Waals surface area contributed by atoms with Crippen LogP contribution in [0.2, 0.25) is 0 Å². The molecule has 0 N–H and O–H groups in total. The zero-order chi connectivity index (χ0) is 13.5. The molecule has 0 bridgehead atoms. The lowest BCUT2D eigenvalue weighted by Gasteiger charge is -2.14. The number of ether oxygens (including phenoxy) is 1. The zero-order valence-electron chi connectivity index (χ0n) is 11.3. The number of hydrogen-bond acceptors (Lipinski definition) is 2. The second-order valence-electron chi connectivity index (χ2n) is 4.90. The first-order chi connectivity index (χ1) is 9.33. The standard InChI is InChI=1S/C17H19O2/c1-14(7-4-5-12-19-13-18)16-11-6-9-15-8-2-3-10-17(15)16/h2-3,6,8-11,14H,4-5,7,12H2,1H3. The van der Waals surface area contributed by atoms with Crippen molar-refractivity contribution in [3.8, 4) is 0 Å². The van der Waals surface area contributed by atoms with E-state index in [0.717, 1.165) is 19.3 Å². The minimum Gasteiger partial charge on any atom is -0.457 e. The molecule has 19 heavy (non-hydrogen) atoms. The first kappa shape index (κ1) is 13.6. The quantitative estimate of drug-likeness (QED) is 0.693. The predicted octanol–water partition coefficient (Wildman–Crippen LogP) is 4.20. The fourth-order valence-electron chi connectivity index (χ4n) is 2.50. The fraction of sp³-hybridized carbons (Fsp3) is 0.353. The molecule has 1 radical (unpaired) electrons. The van der Waals surface area contributed by atoms with E-state index in [0.29, 0.717) is 12.5 Å². The van der Waals surface area contributed by atoms with Crippen molar-refractivity contribution in [3.05, 3.63) is 48.0 Å². The van der Waals surface area contributed by atoms with Crippen LogP contribution in [0.25, 0.3) is 10.8 Å². The normalized spacial score (nSPS) is 12.3. The van der Waals surface area contributed by atoms with Gasteiger partial charge in [0, 0.05) is 0 Å². The van der Waals surface area contributed by atoms with Gasteiger partial charge in [-0.1, -0.05) is 49.4 Å². The molecule has 99 valence electrons. The summed E-state index contributed by atoms with van der Waals surface area (Å²) in [7, 11) is 0. The van der Waals surface area contributed by atoms with Gasteiger partial charge in [0.15, 0.2) is 0 Å². The van der Waals surface area contributed by atoms with Gasteiger partial charge in [-0.2, -0.15) is 0 Å².